The Morgan fingerprint density at radius 2 is 1.25 bits per heavy atom. The fourth-order valence-electron chi connectivity index (χ4n) is 1.89. The molecular weight excluding hydrogens is 296 g/mol. The zero-order valence-electron chi connectivity index (χ0n) is 10.2. The highest BCUT2D eigenvalue weighted by Gasteiger charge is 2.46. The summed E-state index contributed by atoms with van der Waals surface area (Å²) in [5.41, 5.74) is -7.01. The molecule has 20 heavy (non-hydrogen) atoms. The molecule has 0 saturated heterocycles. The van der Waals surface area contributed by atoms with E-state index in [1.54, 1.807) is 0 Å². The Morgan fingerprint density at radius 1 is 0.850 bits per heavy atom. The molecule has 0 N–H and O–H groups in total. The highest BCUT2D eigenvalue weighted by Crippen LogP contribution is 2.44. The first-order valence-corrected chi connectivity index (χ1v) is 5.12. The van der Waals surface area contributed by atoms with Crippen molar-refractivity contribution in [2.24, 2.45) is 0 Å². The summed E-state index contributed by atoms with van der Waals surface area (Å²) in [6.45, 7) is 4.85. The molecule has 112 valence electrons. The van der Waals surface area contributed by atoms with Crippen molar-refractivity contribution in [1.82, 2.24) is 0 Å². The van der Waals surface area contributed by atoms with E-state index in [9.17, 15) is 35.1 Å². The van der Waals surface area contributed by atoms with Crippen LogP contribution in [0.15, 0.2) is 6.58 Å². The summed E-state index contributed by atoms with van der Waals surface area (Å²) in [7, 11) is 0. The minimum absolute atomic E-state index is 0.365. The van der Waals surface area contributed by atoms with Crippen LogP contribution in [-0.4, -0.2) is 0 Å². The summed E-state index contributed by atoms with van der Waals surface area (Å²) in [6, 6.07) is 0. The first-order chi connectivity index (χ1) is 8.80. The van der Waals surface area contributed by atoms with Gasteiger partial charge < -0.3 is 0 Å². The maximum atomic E-state index is 13.7. The quantitative estimate of drug-likeness (QED) is 0.614. The van der Waals surface area contributed by atoms with Crippen LogP contribution in [0, 0.1) is 18.6 Å². The molecule has 1 aromatic rings. The summed E-state index contributed by atoms with van der Waals surface area (Å²) < 4.78 is 103. The van der Waals surface area contributed by atoms with Crippen LogP contribution in [0.5, 0.6) is 0 Å². The molecule has 0 saturated carbocycles. The van der Waals surface area contributed by atoms with E-state index in [1.807, 2.05) is 0 Å². The lowest BCUT2D eigenvalue weighted by Crippen LogP contribution is -2.21. The minimum atomic E-state index is -5.59. The first kappa shape index (κ1) is 16.5. The van der Waals surface area contributed by atoms with E-state index in [4.69, 9.17) is 0 Å². The third-order valence-electron chi connectivity index (χ3n) is 2.62. The average Bonchev–Trinajstić information content (AvgIpc) is 2.09. The van der Waals surface area contributed by atoms with Crippen LogP contribution in [0.4, 0.5) is 35.1 Å². The van der Waals surface area contributed by atoms with Crippen molar-refractivity contribution < 1.29 is 35.1 Å². The SMILES string of the molecule is C=C(C)c1c(C)c(C(F)(F)F)c(F)c(C(F)(F)F)c1F. The Kier molecular flexibility index (Phi) is 3.91. The molecule has 0 unspecified atom stereocenters. The van der Waals surface area contributed by atoms with Crippen LogP contribution in [0.1, 0.15) is 29.2 Å². The summed E-state index contributed by atoms with van der Waals surface area (Å²) in [6.07, 6.45) is -11.0. The zero-order valence-corrected chi connectivity index (χ0v) is 10.2. The minimum Gasteiger partial charge on any atom is -0.206 e. The molecule has 0 fully saturated rings. The smallest absolute Gasteiger partial charge is 0.206 e. The summed E-state index contributed by atoms with van der Waals surface area (Å²) in [4.78, 5) is 0. The Bertz CT molecular complexity index is 521. The van der Waals surface area contributed by atoms with E-state index in [0.717, 1.165) is 6.92 Å². The van der Waals surface area contributed by atoms with Gasteiger partial charge in [-0.3, -0.25) is 0 Å². The van der Waals surface area contributed by atoms with Crippen molar-refractivity contribution in [3.63, 3.8) is 0 Å². The second-order valence-electron chi connectivity index (χ2n) is 4.15. The predicted molar refractivity (Wildman–Crippen MR) is 55.8 cm³/mol. The van der Waals surface area contributed by atoms with Crippen LogP contribution in [-0.2, 0) is 12.4 Å². The van der Waals surface area contributed by atoms with Gasteiger partial charge in [-0.25, -0.2) is 8.78 Å². The molecule has 0 heterocycles. The standard InChI is InChI=1S/C12H8F8/c1-4(2)6-5(3)7(11(15,16)17)10(14)8(9(6)13)12(18,19)20/h1H2,2-3H3. The summed E-state index contributed by atoms with van der Waals surface area (Å²) in [5, 5.41) is 0. The van der Waals surface area contributed by atoms with Gasteiger partial charge in [0.25, 0.3) is 0 Å². The largest absolute Gasteiger partial charge is 0.422 e. The molecule has 8 heteroatoms. The second-order valence-corrected chi connectivity index (χ2v) is 4.15. The number of benzene rings is 1. The van der Waals surface area contributed by atoms with Crippen molar-refractivity contribution >= 4 is 5.57 Å². The highest BCUT2D eigenvalue weighted by molar-refractivity contribution is 5.68. The molecule has 0 bridgehead atoms. The fourth-order valence-corrected chi connectivity index (χ4v) is 1.89. The lowest BCUT2D eigenvalue weighted by Gasteiger charge is -2.20. The van der Waals surface area contributed by atoms with Crippen LogP contribution in [0.2, 0.25) is 0 Å². The van der Waals surface area contributed by atoms with Crippen molar-refractivity contribution in [2.45, 2.75) is 26.2 Å². The molecule has 0 amide bonds. The van der Waals surface area contributed by atoms with Gasteiger partial charge in [0.05, 0.1) is 5.56 Å². The molecule has 0 radical (unpaired) electrons. The van der Waals surface area contributed by atoms with Crippen molar-refractivity contribution in [3.8, 4) is 0 Å². The molecule has 1 rings (SSSR count). The van der Waals surface area contributed by atoms with E-state index < -0.39 is 46.2 Å². The number of hydrogen-bond donors (Lipinski definition) is 0. The topological polar surface area (TPSA) is 0 Å². The predicted octanol–water partition coefficient (Wildman–Crippen LogP) is 5.34. The maximum Gasteiger partial charge on any atom is 0.422 e. The van der Waals surface area contributed by atoms with Crippen molar-refractivity contribution in [2.75, 3.05) is 0 Å². The number of hydrogen-bond acceptors (Lipinski definition) is 0. The van der Waals surface area contributed by atoms with Gasteiger partial charge in [-0.1, -0.05) is 6.58 Å². The Morgan fingerprint density at radius 3 is 1.55 bits per heavy atom. The van der Waals surface area contributed by atoms with Gasteiger partial charge in [-0.05, 0) is 25.0 Å². The van der Waals surface area contributed by atoms with Crippen molar-refractivity contribution in [3.05, 3.63) is 40.5 Å². The third kappa shape index (κ3) is 2.64. The number of allylic oxidation sites excluding steroid dienone is 1. The lowest BCUT2D eigenvalue weighted by atomic mass is 9.92. The van der Waals surface area contributed by atoms with E-state index in [0.29, 0.717) is 6.92 Å². The third-order valence-corrected chi connectivity index (χ3v) is 2.62. The average molecular weight is 304 g/mol. The molecule has 1 aromatic carbocycles. The molecular formula is C12H8F8. The maximum absolute atomic E-state index is 13.7. The molecule has 0 atom stereocenters. The molecule has 0 spiro atoms. The highest BCUT2D eigenvalue weighted by atomic mass is 19.4. The molecule has 0 aliphatic carbocycles. The van der Waals surface area contributed by atoms with E-state index >= 15 is 0 Å². The van der Waals surface area contributed by atoms with Crippen molar-refractivity contribution in [1.29, 1.82) is 0 Å². The van der Waals surface area contributed by atoms with Gasteiger partial charge in [-0.2, -0.15) is 26.3 Å². The van der Waals surface area contributed by atoms with E-state index in [1.165, 1.54) is 0 Å². The Balaban J connectivity index is 4.00. The van der Waals surface area contributed by atoms with Gasteiger partial charge in [0, 0.05) is 5.56 Å². The van der Waals surface area contributed by atoms with Gasteiger partial charge in [-0.15, -0.1) is 0 Å². The monoisotopic (exact) mass is 304 g/mol. The van der Waals surface area contributed by atoms with Crippen LogP contribution in [0.3, 0.4) is 0 Å². The molecule has 0 aliphatic heterocycles. The van der Waals surface area contributed by atoms with Gasteiger partial charge in [0.2, 0.25) is 0 Å². The fraction of sp³-hybridized carbons (Fsp3) is 0.333. The lowest BCUT2D eigenvalue weighted by molar-refractivity contribution is -0.149. The zero-order chi connectivity index (χ0) is 16.0. The van der Waals surface area contributed by atoms with Gasteiger partial charge in [0.1, 0.15) is 11.4 Å². The van der Waals surface area contributed by atoms with Crippen LogP contribution < -0.4 is 0 Å². The Labute approximate surface area is 108 Å². The van der Waals surface area contributed by atoms with Crippen LogP contribution >= 0.6 is 0 Å². The van der Waals surface area contributed by atoms with Crippen LogP contribution in [0.25, 0.3) is 5.57 Å². The van der Waals surface area contributed by atoms with E-state index in [-0.39, 0.29) is 5.57 Å². The normalized spacial score (nSPS) is 12.7. The number of rotatable bonds is 1. The van der Waals surface area contributed by atoms with Gasteiger partial charge in [0.15, 0.2) is 5.82 Å². The number of halogens is 8. The second kappa shape index (κ2) is 4.75. The Hall–Kier alpha value is -1.60. The van der Waals surface area contributed by atoms with E-state index in [2.05, 4.69) is 6.58 Å². The summed E-state index contributed by atoms with van der Waals surface area (Å²) >= 11 is 0. The first-order valence-electron chi connectivity index (χ1n) is 5.12. The van der Waals surface area contributed by atoms with Gasteiger partial charge >= 0.3 is 12.4 Å². The molecule has 0 aromatic heterocycles. The summed E-state index contributed by atoms with van der Waals surface area (Å²) in [5.74, 6) is -4.75. The number of alkyl halides is 6. The molecule has 0 nitrogen and oxygen atoms in total. The molecule has 0 aliphatic rings.